The first kappa shape index (κ1) is 29.3. The van der Waals surface area contributed by atoms with Gasteiger partial charge in [-0.1, -0.05) is 44.2 Å². The molecule has 2 aromatic heterocycles. The quantitative estimate of drug-likeness (QED) is 0.279. The van der Waals surface area contributed by atoms with E-state index in [0.717, 1.165) is 70.9 Å². The van der Waals surface area contributed by atoms with Crippen LogP contribution in [-0.4, -0.2) is 44.3 Å². The van der Waals surface area contributed by atoms with E-state index in [4.69, 9.17) is 10.1 Å². The SMILES string of the molecule is CC(C)(C)O.Cc1cc2nc(-c3cccc(-c4ccc(F)cc4)c3)cn2c(N2CCC(C)(C)CC2)c1CC(=O)O. The lowest BCUT2D eigenvalue weighted by atomic mass is 9.82. The highest BCUT2D eigenvalue weighted by Crippen LogP contribution is 2.36. The molecule has 0 radical (unpaired) electrons. The van der Waals surface area contributed by atoms with Crippen LogP contribution in [-0.2, 0) is 11.2 Å². The summed E-state index contributed by atoms with van der Waals surface area (Å²) in [4.78, 5) is 19.0. The fourth-order valence-electron chi connectivity index (χ4n) is 4.94. The minimum atomic E-state index is -0.835. The van der Waals surface area contributed by atoms with Gasteiger partial charge in [0.2, 0.25) is 0 Å². The molecule has 3 heterocycles. The molecule has 1 aliphatic rings. The molecular weight excluding hydrogens is 505 g/mol. The number of pyridine rings is 1. The molecule has 4 aromatic rings. The van der Waals surface area contributed by atoms with Crippen molar-refractivity contribution in [1.82, 2.24) is 9.38 Å². The van der Waals surface area contributed by atoms with Crippen molar-refractivity contribution in [2.75, 3.05) is 18.0 Å². The van der Waals surface area contributed by atoms with E-state index < -0.39 is 11.6 Å². The number of carbonyl (C=O) groups is 1. The number of aromatic nitrogens is 2. The second-order valence-electron chi connectivity index (χ2n) is 12.5. The smallest absolute Gasteiger partial charge is 0.307 e. The van der Waals surface area contributed by atoms with Gasteiger partial charge < -0.3 is 15.1 Å². The topological polar surface area (TPSA) is 78.1 Å². The molecule has 1 aliphatic heterocycles. The molecule has 0 aliphatic carbocycles. The fraction of sp³-hybridized carbons (Fsp3) is 0.394. The number of hydrogen-bond acceptors (Lipinski definition) is 4. The Morgan fingerprint density at radius 3 is 2.20 bits per heavy atom. The van der Waals surface area contributed by atoms with Crippen LogP contribution in [0.2, 0.25) is 0 Å². The second-order valence-corrected chi connectivity index (χ2v) is 12.5. The molecule has 212 valence electrons. The van der Waals surface area contributed by atoms with Gasteiger partial charge >= 0.3 is 5.97 Å². The summed E-state index contributed by atoms with van der Waals surface area (Å²) < 4.78 is 15.4. The molecule has 0 spiro atoms. The van der Waals surface area contributed by atoms with Crippen LogP contribution >= 0.6 is 0 Å². The third kappa shape index (κ3) is 7.27. The third-order valence-corrected chi connectivity index (χ3v) is 7.13. The van der Waals surface area contributed by atoms with Crippen LogP contribution in [0.1, 0.15) is 58.6 Å². The van der Waals surface area contributed by atoms with Crippen molar-refractivity contribution in [3.63, 3.8) is 0 Å². The van der Waals surface area contributed by atoms with Crippen molar-refractivity contribution in [3.05, 3.63) is 77.7 Å². The lowest BCUT2D eigenvalue weighted by Crippen LogP contribution is -2.39. The minimum absolute atomic E-state index is 0.0232. The lowest BCUT2D eigenvalue weighted by molar-refractivity contribution is -0.136. The Labute approximate surface area is 236 Å². The van der Waals surface area contributed by atoms with E-state index >= 15 is 0 Å². The van der Waals surface area contributed by atoms with Gasteiger partial charge in [-0.25, -0.2) is 9.37 Å². The largest absolute Gasteiger partial charge is 0.481 e. The number of carboxylic acid groups (broad SMARTS) is 1. The molecule has 0 unspecified atom stereocenters. The zero-order chi connectivity index (χ0) is 29.2. The van der Waals surface area contributed by atoms with E-state index in [0.29, 0.717) is 0 Å². The van der Waals surface area contributed by atoms with Gasteiger partial charge in [0.25, 0.3) is 0 Å². The maximum Gasteiger partial charge on any atom is 0.307 e. The van der Waals surface area contributed by atoms with Crippen LogP contribution in [0.3, 0.4) is 0 Å². The zero-order valence-electron chi connectivity index (χ0n) is 24.3. The molecule has 2 N–H and O–H groups in total. The van der Waals surface area contributed by atoms with Crippen molar-refractivity contribution in [2.24, 2.45) is 5.41 Å². The number of carboxylic acids is 1. The summed E-state index contributed by atoms with van der Waals surface area (Å²) in [5, 5.41) is 18.2. The van der Waals surface area contributed by atoms with Gasteiger partial charge in [0.1, 0.15) is 17.3 Å². The number of benzene rings is 2. The van der Waals surface area contributed by atoms with Crippen LogP contribution < -0.4 is 4.90 Å². The molecule has 1 fully saturated rings. The Hall–Kier alpha value is -3.71. The van der Waals surface area contributed by atoms with Crippen molar-refractivity contribution in [1.29, 1.82) is 0 Å². The van der Waals surface area contributed by atoms with Crippen LogP contribution in [0.5, 0.6) is 0 Å². The summed E-state index contributed by atoms with van der Waals surface area (Å²) in [5.74, 6) is -0.156. The van der Waals surface area contributed by atoms with Crippen LogP contribution in [0.15, 0.2) is 60.8 Å². The number of fused-ring (bicyclic) bond motifs is 1. The number of aliphatic hydroxyl groups is 1. The Kier molecular flexibility index (Phi) is 8.36. The summed E-state index contributed by atoms with van der Waals surface area (Å²) in [5.41, 5.74) is 6.07. The predicted octanol–water partition coefficient (Wildman–Crippen LogP) is 7.15. The molecule has 0 atom stereocenters. The van der Waals surface area contributed by atoms with E-state index in [-0.39, 0.29) is 17.7 Å². The number of nitrogens with zero attached hydrogens (tertiary/aromatic N) is 3. The van der Waals surface area contributed by atoms with Crippen molar-refractivity contribution < 1.29 is 19.4 Å². The number of piperidine rings is 1. The van der Waals surface area contributed by atoms with Crippen molar-refractivity contribution in [2.45, 2.75) is 66.4 Å². The predicted molar refractivity (Wildman–Crippen MR) is 159 cm³/mol. The van der Waals surface area contributed by atoms with Crippen LogP contribution in [0.25, 0.3) is 28.0 Å². The van der Waals surface area contributed by atoms with Crippen LogP contribution in [0, 0.1) is 18.2 Å². The number of hydrogen-bond donors (Lipinski definition) is 2. The lowest BCUT2D eigenvalue weighted by Gasteiger charge is -2.39. The Morgan fingerprint density at radius 2 is 1.60 bits per heavy atom. The number of aryl methyl sites for hydroxylation is 1. The molecule has 0 bridgehead atoms. The molecule has 40 heavy (non-hydrogen) atoms. The summed E-state index contributed by atoms with van der Waals surface area (Å²) in [7, 11) is 0. The van der Waals surface area contributed by atoms with E-state index in [1.807, 2.05) is 37.4 Å². The van der Waals surface area contributed by atoms with E-state index in [9.17, 15) is 14.3 Å². The van der Waals surface area contributed by atoms with Crippen LogP contribution in [0.4, 0.5) is 10.2 Å². The monoisotopic (exact) mass is 545 g/mol. The summed E-state index contributed by atoms with van der Waals surface area (Å²) >= 11 is 0. The summed E-state index contributed by atoms with van der Waals surface area (Å²) in [6.07, 6.45) is 4.09. The molecule has 1 saturated heterocycles. The normalized spacial score (nSPS) is 15.1. The van der Waals surface area contributed by atoms with Gasteiger partial charge in [-0.2, -0.15) is 0 Å². The number of imidazole rings is 1. The minimum Gasteiger partial charge on any atom is -0.481 e. The first-order valence-electron chi connectivity index (χ1n) is 13.8. The Balaban J connectivity index is 0.000000681. The molecule has 7 heteroatoms. The van der Waals surface area contributed by atoms with Gasteiger partial charge in [-0.3, -0.25) is 9.20 Å². The molecular formula is C33H40FN3O3. The van der Waals surface area contributed by atoms with Crippen molar-refractivity contribution in [3.8, 4) is 22.4 Å². The van der Waals surface area contributed by atoms with E-state index in [1.54, 1.807) is 32.9 Å². The molecule has 5 rings (SSSR count). The highest BCUT2D eigenvalue weighted by Gasteiger charge is 2.29. The number of aliphatic carboxylic acids is 1. The Bertz CT molecular complexity index is 1480. The first-order chi connectivity index (χ1) is 18.7. The van der Waals surface area contributed by atoms with Gasteiger partial charge in [-0.15, -0.1) is 0 Å². The highest BCUT2D eigenvalue weighted by atomic mass is 19.1. The van der Waals surface area contributed by atoms with Gasteiger partial charge in [-0.05, 0) is 86.9 Å². The van der Waals surface area contributed by atoms with Crippen molar-refractivity contribution >= 4 is 17.4 Å². The number of halogens is 1. The average molecular weight is 546 g/mol. The first-order valence-corrected chi connectivity index (χ1v) is 13.8. The van der Waals surface area contributed by atoms with E-state index in [1.165, 1.54) is 12.1 Å². The Morgan fingerprint density at radius 1 is 1.00 bits per heavy atom. The molecule has 0 amide bonds. The standard InChI is InChI=1S/C29H30FN3O2.C4H10O/c1-19-15-26-31-25(22-6-4-5-21(16-22)20-7-9-23(30)10-8-20)18-33(26)28(24(19)17-27(34)35)32-13-11-29(2,3)12-14-32;1-4(2,3)5/h4-10,15-16,18H,11-14,17H2,1-3H3,(H,34,35);5H,1-3H3. The molecule has 6 nitrogen and oxygen atoms in total. The van der Waals surface area contributed by atoms with Gasteiger partial charge in [0, 0.05) is 30.4 Å². The summed E-state index contributed by atoms with van der Waals surface area (Å²) in [6.45, 7) is 13.5. The zero-order valence-corrected chi connectivity index (χ0v) is 24.3. The molecule has 2 aromatic carbocycles. The number of anilines is 1. The van der Waals surface area contributed by atoms with Gasteiger partial charge in [0.15, 0.2) is 0 Å². The third-order valence-electron chi connectivity index (χ3n) is 7.13. The average Bonchev–Trinajstić information content (AvgIpc) is 3.28. The highest BCUT2D eigenvalue weighted by molar-refractivity contribution is 5.77. The van der Waals surface area contributed by atoms with Gasteiger partial charge in [0.05, 0.1) is 17.7 Å². The summed E-state index contributed by atoms with van der Waals surface area (Å²) in [6, 6.07) is 16.5. The maximum absolute atomic E-state index is 13.4. The van der Waals surface area contributed by atoms with E-state index in [2.05, 4.69) is 29.2 Å². The maximum atomic E-state index is 13.4. The molecule has 0 saturated carbocycles. The number of rotatable bonds is 5. The second kappa shape index (κ2) is 11.4. The fourth-order valence-corrected chi connectivity index (χ4v) is 4.94.